The second-order valence-electron chi connectivity index (χ2n) is 5.55. The molecule has 0 radical (unpaired) electrons. The first-order valence-corrected chi connectivity index (χ1v) is 8.66. The fourth-order valence-corrected chi connectivity index (χ4v) is 2.97. The highest BCUT2D eigenvalue weighted by atomic mass is 32.1. The molecule has 0 atom stereocenters. The van der Waals surface area contributed by atoms with Crippen molar-refractivity contribution in [3.8, 4) is 17.6 Å². The molecule has 5 heteroatoms. The molecule has 124 valence electrons. The molecule has 0 aliphatic carbocycles. The van der Waals surface area contributed by atoms with E-state index in [1.165, 1.54) is 11.3 Å². The highest BCUT2D eigenvalue weighted by Crippen LogP contribution is 2.24. The molecule has 0 saturated heterocycles. The molecule has 3 aromatic rings. The summed E-state index contributed by atoms with van der Waals surface area (Å²) in [5.74, 6) is 1.57. The molecule has 4 nitrogen and oxygen atoms in total. The van der Waals surface area contributed by atoms with Crippen molar-refractivity contribution in [1.29, 1.82) is 5.26 Å². The lowest BCUT2D eigenvalue weighted by Gasteiger charge is -2.07. The molecule has 1 aromatic heterocycles. The third kappa shape index (κ3) is 4.46. The second kappa shape index (κ2) is 7.65. The lowest BCUT2D eigenvalue weighted by Crippen LogP contribution is -1.91. The number of nitrogens with one attached hydrogen (secondary N) is 1. The fraction of sp³-hybridized carbons (Fsp3) is 0.100. The number of aryl methyl sites for hydroxylation is 2. The average molecular weight is 347 g/mol. The number of hydrogen-bond acceptors (Lipinski definition) is 5. The van der Waals surface area contributed by atoms with Gasteiger partial charge >= 0.3 is 0 Å². The Balaban J connectivity index is 1.68. The van der Waals surface area contributed by atoms with Crippen molar-refractivity contribution in [2.45, 2.75) is 13.8 Å². The van der Waals surface area contributed by atoms with Gasteiger partial charge in [-0.2, -0.15) is 5.26 Å². The minimum absolute atomic E-state index is 0.512. The molecule has 0 bridgehead atoms. The monoisotopic (exact) mass is 347 g/mol. The van der Waals surface area contributed by atoms with E-state index in [1.807, 2.05) is 67.8 Å². The fourth-order valence-electron chi connectivity index (χ4n) is 2.21. The molecule has 0 aliphatic rings. The van der Waals surface area contributed by atoms with E-state index >= 15 is 0 Å². The maximum absolute atomic E-state index is 9.29. The van der Waals surface area contributed by atoms with Crippen LogP contribution in [0.5, 0.6) is 11.5 Å². The zero-order valence-electron chi connectivity index (χ0n) is 14.0. The van der Waals surface area contributed by atoms with E-state index in [1.54, 1.807) is 6.20 Å². The van der Waals surface area contributed by atoms with Gasteiger partial charge < -0.3 is 10.1 Å². The summed E-state index contributed by atoms with van der Waals surface area (Å²) in [6.07, 6.45) is 1.68. The maximum Gasteiger partial charge on any atom is 0.135 e. The van der Waals surface area contributed by atoms with E-state index < -0.39 is 0 Å². The highest BCUT2D eigenvalue weighted by Gasteiger charge is 2.05. The molecule has 0 unspecified atom stereocenters. The van der Waals surface area contributed by atoms with E-state index in [2.05, 4.69) is 16.4 Å². The molecule has 0 amide bonds. The number of anilines is 1. The molecule has 2 aromatic carbocycles. The zero-order valence-corrected chi connectivity index (χ0v) is 14.8. The quantitative estimate of drug-likeness (QED) is 0.617. The number of rotatable bonds is 5. The predicted octanol–water partition coefficient (Wildman–Crippen LogP) is 5.53. The van der Waals surface area contributed by atoms with Crippen molar-refractivity contribution in [1.82, 2.24) is 4.98 Å². The van der Waals surface area contributed by atoms with Gasteiger partial charge in [-0.1, -0.05) is 12.1 Å². The summed E-state index contributed by atoms with van der Waals surface area (Å²) < 4.78 is 5.83. The van der Waals surface area contributed by atoms with E-state index in [-0.39, 0.29) is 0 Å². The molecular weight excluding hydrogens is 330 g/mol. The summed E-state index contributed by atoms with van der Waals surface area (Å²) in [7, 11) is 0. The van der Waals surface area contributed by atoms with Crippen LogP contribution in [0.4, 0.5) is 5.69 Å². The van der Waals surface area contributed by atoms with E-state index in [4.69, 9.17) is 4.74 Å². The van der Waals surface area contributed by atoms with Crippen LogP contribution in [0.1, 0.15) is 16.3 Å². The van der Waals surface area contributed by atoms with Crippen molar-refractivity contribution in [2.75, 3.05) is 5.32 Å². The average Bonchev–Trinajstić information content (AvgIpc) is 3.03. The van der Waals surface area contributed by atoms with Gasteiger partial charge in [0.2, 0.25) is 0 Å². The number of nitrogens with zero attached hydrogens (tertiary/aromatic N) is 2. The smallest absolute Gasteiger partial charge is 0.135 e. The third-order valence-corrected chi connectivity index (χ3v) is 4.43. The Morgan fingerprint density at radius 1 is 1.16 bits per heavy atom. The van der Waals surface area contributed by atoms with Crippen LogP contribution < -0.4 is 10.1 Å². The number of benzene rings is 2. The summed E-state index contributed by atoms with van der Waals surface area (Å²) in [5.41, 5.74) is 3.46. The van der Waals surface area contributed by atoms with E-state index in [9.17, 15) is 5.26 Å². The van der Waals surface area contributed by atoms with Crippen LogP contribution in [0.15, 0.2) is 60.1 Å². The maximum atomic E-state index is 9.29. The van der Waals surface area contributed by atoms with Gasteiger partial charge in [-0.3, -0.25) is 0 Å². The van der Waals surface area contributed by atoms with Gasteiger partial charge in [0.25, 0.3) is 0 Å². The Morgan fingerprint density at radius 3 is 2.60 bits per heavy atom. The number of allylic oxidation sites excluding steroid dienone is 1. The van der Waals surface area contributed by atoms with E-state index in [0.717, 1.165) is 28.4 Å². The lowest BCUT2D eigenvalue weighted by atomic mass is 10.2. The first kappa shape index (κ1) is 16.7. The third-order valence-electron chi connectivity index (χ3n) is 3.43. The molecule has 0 spiro atoms. The Labute approximate surface area is 151 Å². The van der Waals surface area contributed by atoms with Gasteiger partial charge in [-0.05, 0) is 55.8 Å². The number of nitriles is 1. The Kier molecular flexibility index (Phi) is 5.12. The van der Waals surface area contributed by atoms with Crippen LogP contribution >= 0.6 is 11.3 Å². The first-order valence-electron chi connectivity index (χ1n) is 7.78. The van der Waals surface area contributed by atoms with Crippen molar-refractivity contribution in [2.24, 2.45) is 0 Å². The van der Waals surface area contributed by atoms with Crippen LogP contribution in [-0.2, 0) is 0 Å². The normalized spacial score (nSPS) is 11.0. The summed E-state index contributed by atoms with van der Waals surface area (Å²) in [5, 5.41) is 15.1. The topological polar surface area (TPSA) is 57.9 Å². The van der Waals surface area contributed by atoms with Gasteiger partial charge in [0.15, 0.2) is 0 Å². The molecule has 25 heavy (non-hydrogen) atoms. The number of hydrogen-bond donors (Lipinski definition) is 1. The summed E-state index contributed by atoms with van der Waals surface area (Å²) in [6, 6.07) is 17.7. The minimum atomic E-state index is 0.512. The SMILES string of the molecule is Cc1cccc(Oc2ccc(N/C=C(\C#N)c3nc(C)cs3)cc2)c1. The van der Waals surface area contributed by atoms with Crippen LogP contribution in [0.3, 0.4) is 0 Å². The van der Waals surface area contributed by atoms with Crippen molar-refractivity contribution < 1.29 is 4.74 Å². The van der Waals surface area contributed by atoms with Crippen molar-refractivity contribution >= 4 is 22.6 Å². The van der Waals surface area contributed by atoms with Gasteiger partial charge in [0, 0.05) is 23.0 Å². The summed E-state index contributed by atoms with van der Waals surface area (Å²) in [4.78, 5) is 4.33. The molecular formula is C20H17N3OS. The number of ether oxygens (including phenoxy) is 1. The largest absolute Gasteiger partial charge is 0.457 e. The van der Waals surface area contributed by atoms with Gasteiger partial charge in [0.05, 0.1) is 0 Å². The minimum Gasteiger partial charge on any atom is -0.457 e. The van der Waals surface area contributed by atoms with Gasteiger partial charge in [-0.15, -0.1) is 11.3 Å². The van der Waals surface area contributed by atoms with Crippen LogP contribution in [0, 0.1) is 25.2 Å². The lowest BCUT2D eigenvalue weighted by molar-refractivity contribution is 0.482. The molecule has 3 rings (SSSR count). The predicted molar refractivity (Wildman–Crippen MR) is 102 cm³/mol. The number of aromatic nitrogens is 1. The van der Waals surface area contributed by atoms with Crippen molar-refractivity contribution in [3.63, 3.8) is 0 Å². The van der Waals surface area contributed by atoms with E-state index in [0.29, 0.717) is 10.6 Å². The molecule has 0 saturated carbocycles. The zero-order chi connectivity index (χ0) is 17.6. The Morgan fingerprint density at radius 2 is 1.96 bits per heavy atom. The Hall–Kier alpha value is -3.10. The molecule has 0 aliphatic heterocycles. The van der Waals surface area contributed by atoms with Crippen LogP contribution in [-0.4, -0.2) is 4.98 Å². The van der Waals surface area contributed by atoms with Gasteiger partial charge in [-0.25, -0.2) is 4.98 Å². The van der Waals surface area contributed by atoms with Crippen LogP contribution in [0.2, 0.25) is 0 Å². The molecule has 0 fully saturated rings. The number of thiazole rings is 1. The summed E-state index contributed by atoms with van der Waals surface area (Å²) >= 11 is 1.46. The second-order valence-corrected chi connectivity index (χ2v) is 6.41. The Bertz CT molecular complexity index is 936. The first-order chi connectivity index (χ1) is 12.1. The molecule has 1 heterocycles. The van der Waals surface area contributed by atoms with Gasteiger partial charge in [0.1, 0.15) is 28.1 Å². The van der Waals surface area contributed by atoms with Crippen molar-refractivity contribution in [3.05, 3.63) is 76.4 Å². The van der Waals surface area contributed by atoms with Crippen LogP contribution in [0.25, 0.3) is 5.57 Å². The highest BCUT2D eigenvalue weighted by molar-refractivity contribution is 7.10. The standard InChI is InChI=1S/C20H17N3OS/c1-14-4-3-5-19(10-14)24-18-8-6-17(7-9-18)22-12-16(11-21)20-23-15(2)13-25-20/h3-10,12-13,22H,1-2H3/b16-12+. The summed E-state index contributed by atoms with van der Waals surface area (Å²) in [6.45, 7) is 3.94. The molecule has 1 N–H and O–H groups in total.